The zero-order chi connectivity index (χ0) is 20.7. The van der Waals surface area contributed by atoms with Crippen molar-refractivity contribution in [1.29, 1.82) is 5.41 Å². The highest BCUT2D eigenvalue weighted by atomic mass is 32.2. The molecule has 1 N–H and O–H groups in total. The summed E-state index contributed by atoms with van der Waals surface area (Å²) in [7, 11) is 0. The van der Waals surface area contributed by atoms with Gasteiger partial charge in [0, 0.05) is 17.1 Å². The standard InChI is InChI=1S/C21H21N5OS2/c1-5-14-6-8-16(9-7-14)25-12(2)10-15(13(25)3)11-17-18(22)26-20(23-19(17)27)29-21(24-26)28-4/h6-11,22H,5H2,1-4H3. The van der Waals surface area contributed by atoms with Crippen LogP contribution in [0, 0.1) is 19.3 Å². The van der Waals surface area contributed by atoms with E-state index < -0.39 is 5.91 Å². The van der Waals surface area contributed by atoms with E-state index in [1.54, 1.807) is 6.08 Å². The molecule has 148 valence electrons. The van der Waals surface area contributed by atoms with E-state index in [0.717, 1.165) is 33.4 Å². The van der Waals surface area contributed by atoms with Crippen molar-refractivity contribution in [3.05, 3.63) is 58.4 Å². The zero-order valence-corrected chi connectivity index (χ0v) is 18.3. The third kappa shape index (κ3) is 3.47. The topological polar surface area (TPSA) is 73.8 Å². The quantitative estimate of drug-likeness (QED) is 0.733. The van der Waals surface area contributed by atoms with E-state index in [9.17, 15) is 4.79 Å². The summed E-state index contributed by atoms with van der Waals surface area (Å²) in [5.41, 5.74) is 5.60. The number of benzene rings is 1. The fourth-order valence-corrected chi connectivity index (χ4v) is 4.77. The van der Waals surface area contributed by atoms with Crippen molar-refractivity contribution in [2.75, 3.05) is 6.26 Å². The molecule has 0 saturated heterocycles. The number of rotatable bonds is 3. The van der Waals surface area contributed by atoms with Crippen molar-refractivity contribution < 1.29 is 4.79 Å². The molecule has 1 amide bonds. The number of amidine groups is 2. The molecule has 2 aliphatic heterocycles. The minimum absolute atomic E-state index is 0.0636. The maximum absolute atomic E-state index is 12.6. The summed E-state index contributed by atoms with van der Waals surface area (Å²) in [6.07, 6.45) is 4.67. The van der Waals surface area contributed by atoms with Gasteiger partial charge in [-0.1, -0.05) is 19.1 Å². The molecule has 0 unspecified atom stereocenters. The van der Waals surface area contributed by atoms with Crippen LogP contribution in [0.15, 0.2) is 46.0 Å². The van der Waals surface area contributed by atoms with E-state index in [1.165, 1.54) is 34.1 Å². The second kappa shape index (κ2) is 7.68. The van der Waals surface area contributed by atoms with Crippen molar-refractivity contribution in [2.24, 2.45) is 10.1 Å². The zero-order valence-electron chi connectivity index (χ0n) is 16.7. The average Bonchev–Trinajstić information content (AvgIpc) is 3.25. The number of aryl methyl sites for hydroxylation is 2. The molecule has 2 aromatic rings. The lowest BCUT2D eigenvalue weighted by Crippen LogP contribution is -2.35. The lowest BCUT2D eigenvalue weighted by Gasteiger charge is -2.20. The number of nitrogens with zero attached hydrogens (tertiary/aromatic N) is 4. The first-order valence-electron chi connectivity index (χ1n) is 9.25. The average molecular weight is 424 g/mol. The maximum atomic E-state index is 12.6. The van der Waals surface area contributed by atoms with Gasteiger partial charge in [-0.25, -0.2) is 0 Å². The van der Waals surface area contributed by atoms with E-state index in [2.05, 4.69) is 45.9 Å². The highest BCUT2D eigenvalue weighted by Crippen LogP contribution is 2.32. The van der Waals surface area contributed by atoms with Crippen LogP contribution in [0.1, 0.15) is 29.4 Å². The van der Waals surface area contributed by atoms with Gasteiger partial charge in [-0.2, -0.15) is 10.0 Å². The number of aromatic nitrogens is 1. The number of hydrazone groups is 1. The Morgan fingerprint density at radius 2 is 1.97 bits per heavy atom. The van der Waals surface area contributed by atoms with Gasteiger partial charge in [-0.05, 0) is 73.7 Å². The first-order valence-corrected chi connectivity index (χ1v) is 11.3. The van der Waals surface area contributed by atoms with Gasteiger partial charge >= 0.3 is 0 Å². The number of amides is 1. The van der Waals surface area contributed by atoms with E-state index in [0.29, 0.717) is 5.17 Å². The van der Waals surface area contributed by atoms with Gasteiger partial charge in [0.15, 0.2) is 10.2 Å². The van der Waals surface area contributed by atoms with Crippen LogP contribution < -0.4 is 0 Å². The summed E-state index contributed by atoms with van der Waals surface area (Å²) >= 11 is 2.79. The first kappa shape index (κ1) is 19.7. The highest BCUT2D eigenvalue weighted by Gasteiger charge is 2.35. The van der Waals surface area contributed by atoms with Gasteiger partial charge in [0.25, 0.3) is 5.91 Å². The van der Waals surface area contributed by atoms with Gasteiger partial charge < -0.3 is 4.57 Å². The van der Waals surface area contributed by atoms with Crippen LogP contribution in [0.2, 0.25) is 0 Å². The minimum atomic E-state index is -0.400. The number of carbonyl (C=O) groups is 1. The molecule has 0 radical (unpaired) electrons. The fraction of sp³-hybridized carbons (Fsp3) is 0.238. The maximum Gasteiger partial charge on any atom is 0.283 e. The molecule has 0 saturated carbocycles. The first-order chi connectivity index (χ1) is 13.9. The van der Waals surface area contributed by atoms with E-state index in [1.807, 2.05) is 26.2 Å². The molecule has 1 aromatic heterocycles. The summed E-state index contributed by atoms with van der Waals surface area (Å²) in [5, 5.41) is 14.7. The Balaban J connectivity index is 1.73. The van der Waals surface area contributed by atoms with Crippen molar-refractivity contribution in [1.82, 2.24) is 9.58 Å². The van der Waals surface area contributed by atoms with Crippen molar-refractivity contribution in [3.8, 4) is 5.69 Å². The largest absolute Gasteiger partial charge is 0.318 e. The lowest BCUT2D eigenvalue weighted by molar-refractivity contribution is -0.114. The predicted octanol–water partition coefficient (Wildman–Crippen LogP) is 4.60. The molecule has 4 rings (SSSR count). The number of fused-ring (bicyclic) bond motifs is 1. The van der Waals surface area contributed by atoms with Gasteiger partial charge in [-0.3, -0.25) is 10.2 Å². The predicted molar refractivity (Wildman–Crippen MR) is 123 cm³/mol. The Bertz CT molecular complexity index is 1110. The molecule has 2 aliphatic rings. The SMILES string of the molecule is CCc1ccc(-n2c(C)cc(C=C3C(=N)N4N=C(SC)SC4=NC3=O)c2C)cc1. The van der Waals surface area contributed by atoms with Crippen LogP contribution in [0.3, 0.4) is 0 Å². The van der Waals surface area contributed by atoms with E-state index in [-0.39, 0.29) is 11.4 Å². The Hall–Kier alpha value is -2.58. The van der Waals surface area contributed by atoms with Crippen molar-refractivity contribution in [3.63, 3.8) is 0 Å². The number of aliphatic imine (C=N–C) groups is 1. The van der Waals surface area contributed by atoms with Gasteiger partial charge in [-0.15, -0.1) is 16.9 Å². The van der Waals surface area contributed by atoms with Crippen LogP contribution >= 0.6 is 23.5 Å². The Morgan fingerprint density at radius 1 is 1.24 bits per heavy atom. The molecule has 6 nitrogen and oxygen atoms in total. The van der Waals surface area contributed by atoms with Crippen LogP contribution in [0.5, 0.6) is 0 Å². The monoisotopic (exact) mass is 423 g/mol. The molecular weight excluding hydrogens is 402 g/mol. The summed E-state index contributed by atoms with van der Waals surface area (Å²) in [5.74, 6) is -0.336. The normalized spacial score (nSPS) is 17.7. The van der Waals surface area contributed by atoms with Crippen molar-refractivity contribution >= 4 is 50.9 Å². The molecular formula is C21H21N5OS2. The summed E-state index contributed by atoms with van der Waals surface area (Å²) in [4.78, 5) is 16.7. The summed E-state index contributed by atoms with van der Waals surface area (Å²) in [6.45, 7) is 6.20. The van der Waals surface area contributed by atoms with E-state index in [4.69, 9.17) is 5.41 Å². The number of nitrogens with one attached hydrogen (secondary N) is 1. The van der Waals surface area contributed by atoms with Crippen LogP contribution in [-0.4, -0.2) is 37.1 Å². The van der Waals surface area contributed by atoms with Gasteiger partial charge in [0.2, 0.25) is 5.17 Å². The number of hydrogen-bond acceptors (Lipinski definition) is 5. The number of thioether (sulfide) groups is 2. The fourth-order valence-electron chi connectivity index (χ4n) is 3.42. The molecule has 0 bridgehead atoms. The van der Waals surface area contributed by atoms with E-state index >= 15 is 0 Å². The van der Waals surface area contributed by atoms with Gasteiger partial charge in [0.1, 0.15) is 0 Å². The number of hydrogen-bond donors (Lipinski definition) is 1. The van der Waals surface area contributed by atoms with Crippen LogP contribution in [0.4, 0.5) is 0 Å². The molecule has 3 heterocycles. The van der Waals surface area contributed by atoms with Gasteiger partial charge in [0.05, 0.1) is 5.57 Å². The Kier molecular flexibility index (Phi) is 5.23. The summed E-state index contributed by atoms with van der Waals surface area (Å²) in [6, 6.07) is 10.5. The Morgan fingerprint density at radius 3 is 2.62 bits per heavy atom. The molecule has 8 heteroatoms. The summed E-state index contributed by atoms with van der Waals surface area (Å²) < 4.78 is 2.93. The third-order valence-corrected chi connectivity index (χ3v) is 6.87. The van der Waals surface area contributed by atoms with Crippen molar-refractivity contribution in [2.45, 2.75) is 27.2 Å². The second-order valence-electron chi connectivity index (χ2n) is 6.77. The van der Waals surface area contributed by atoms with Crippen LogP contribution in [-0.2, 0) is 11.2 Å². The molecule has 0 aliphatic carbocycles. The molecule has 29 heavy (non-hydrogen) atoms. The van der Waals surface area contributed by atoms with Crippen LogP contribution in [0.25, 0.3) is 11.8 Å². The minimum Gasteiger partial charge on any atom is -0.318 e. The lowest BCUT2D eigenvalue weighted by atomic mass is 10.1. The number of carbonyl (C=O) groups excluding carboxylic acids is 1. The molecule has 1 aromatic carbocycles. The Labute approximate surface area is 178 Å². The smallest absolute Gasteiger partial charge is 0.283 e. The highest BCUT2D eigenvalue weighted by molar-refractivity contribution is 8.45. The third-order valence-electron chi connectivity index (χ3n) is 4.98. The second-order valence-corrected chi connectivity index (χ2v) is 8.78. The molecule has 0 atom stereocenters. The molecule has 0 fully saturated rings. The molecule has 0 spiro atoms.